The zero-order valence-electron chi connectivity index (χ0n) is 10.8. The van der Waals surface area contributed by atoms with E-state index in [-0.39, 0.29) is 0 Å². The summed E-state index contributed by atoms with van der Waals surface area (Å²) < 4.78 is 1.72. The van der Waals surface area contributed by atoms with Gasteiger partial charge in [-0.3, -0.25) is 0 Å². The second-order valence-electron chi connectivity index (χ2n) is 4.52. The average molecular weight is 265 g/mol. The molecule has 0 aliphatic carbocycles. The van der Waals surface area contributed by atoms with Gasteiger partial charge >= 0.3 is 0 Å². The second-order valence-corrected chi connectivity index (χ2v) is 4.93. The molecule has 0 saturated carbocycles. The molecule has 5 heteroatoms. The zero-order chi connectivity index (χ0) is 13.1. The number of hydrogen-bond acceptors (Lipinski definition) is 3. The van der Waals surface area contributed by atoms with Gasteiger partial charge in [-0.25, -0.2) is 9.67 Å². The summed E-state index contributed by atoms with van der Waals surface area (Å²) in [4.78, 5) is 4.37. The third-order valence-electron chi connectivity index (χ3n) is 2.68. The van der Waals surface area contributed by atoms with Crippen LogP contribution in [0, 0.1) is 0 Å². The molecule has 0 unspecified atom stereocenters. The van der Waals surface area contributed by atoms with Crippen LogP contribution in [-0.2, 0) is 6.54 Å². The lowest BCUT2D eigenvalue weighted by Gasteiger charge is -2.06. The Bertz CT molecular complexity index is 534. The highest BCUT2D eigenvalue weighted by Crippen LogP contribution is 2.20. The summed E-state index contributed by atoms with van der Waals surface area (Å²) in [5.41, 5.74) is 2.09. The van der Waals surface area contributed by atoms with Gasteiger partial charge in [0.05, 0.1) is 10.7 Å². The Morgan fingerprint density at radius 1 is 1.44 bits per heavy atom. The number of rotatable bonds is 4. The molecule has 0 spiro atoms. The molecule has 0 fully saturated rings. The van der Waals surface area contributed by atoms with E-state index in [1.807, 2.05) is 31.6 Å². The molecule has 0 aliphatic heterocycles. The molecule has 96 valence electrons. The summed E-state index contributed by atoms with van der Waals surface area (Å²) >= 11 is 6.24. The first-order valence-electron chi connectivity index (χ1n) is 5.96. The van der Waals surface area contributed by atoms with E-state index in [1.165, 1.54) is 0 Å². The Morgan fingerprint density at radius 2 is 2.22 bits per heavy atom. The molecule has 2 rings (SSSR count). The van der Waals surface area contributed by atoms with Crippen molar-refractivity contribution >= 4 is 11.6 Å². The van der Waals surface area contributed by atoms with Gasteiger partial charge in [-0.2, -0.15) is 5.10 Å². The summed E-state index contributed by atoms with van der Waals surface area (Å²) in [6.07, 6.45) is 3.70. The Balaban J connectivity index is 2.32. The Kier molecular flexibility index (Phi) is 3.99. The molecule has 0 saturated heterocycles. The van der Waals surface area contributed by atoms with Crippen LogP contribution < -0.4 is 5.32 Å². The molecular formula is C13H17ClN4. The molecule has 1 N–H and O–H groups in total. The third-order valence-corrected chi connectivity index (χ3v) is 2.96. The van der Waals surface area contributed by atoms with E-state index in [4.69, 9.17) is 11.6 Å². The number of aromatic nitrogens is 3. The maximum Gasteiger partial charge on any atom is 0.172 e. The van der Waals surface area contributed by atoms with E-state index in [0.29, 0.717) is 16.8 Å². The molecular weight excluding hydrogens is 248 g/mol. The van der Waals surface area contributed by atoms with Gasteiger partial charge in [0.1, 0.15) is 0 Å². The van der Waals surface area contributed by atoms with Crippen LogP contribution in [0.15, 0.2) is 24.5 Å². The summed E-state index contributed by atoms with van der Waals surface area (Å²) in [6, 6.07) is 3.90. The van der Waals surface area contributed by atoms with Crippen molar-refractivity contribution in [3.05, 3.63) is 40.8 Å². The highest BCUT2D eigenvalue weighted by atomic mass is 35.5. The van der Waals surface area contributed by atoms with Gasteiger partial charge in [0.25, 0.3) is 0 Å². The zero-order valence-corrected chi connectivity index (χ0v) is 11.6. The molecule has 2 heterocycles. The summed E-state index contributed by atoms with van der Waals surface area (Å²) in [5, 5.41) is 8.15. The van der Waals surface area contributed by atoms with Gasteiger partial charge in [0.2, 0.25) is 0 Å². The molecule has 2 aromatic heterocycles. The lowest BCUT2D eigenvalue weighted by Crippen LogP contribution is -2.07. The minimum absolute atomic E-state index is 0.397. The molecule has 0 radical (unpaired) electrons. The lowest BCUT2D eigenvalue weighted by atomic mass is 10.1. The number of hydrogen-bond donors (Lipinski definition) is 1. The molecule has 2 aromatic rings. The van der Waals surface area contributed by atoms with E-state index in [2.05, 4.69) is 29.2 Å². The average Bonchev–Trinajstić information content (AvgIpc) is 2.79. The largest absolute Gasteiger partial charge is 0.316 e. The number of nitrogens with one attached hydrogen (secondary N) is 1. The topological polar surface area (TPSA) is 42.7 Å². The fourth-order valence-electron chi connectivity index (χ4n) is 1.70. The molecule has 0 amide bonds. The van der Waals surface area contributed by atoms with Crippen molar-refractivity contribution < 1.29 is 0 Å². The minimum Gasteiger partial charge on any atom is -0.316 e. The maximum atomic E-state index is 6.24. The van der Waals surface area contributed by atoms with Crippen LogP contribution in [0.2, 0.25) is 5.02 Å². The SMILES string of the molecule is CNCc1cnc(-n2ccc(C(C)C)n2)c(Cl)c1. The van der Waals surface area contributed by atoms with Gasteiger partial charge in [-0.15, -0.1) is 0 Å². The van der Waals surface area contributed by atoms with E-state index in [0.717, 1.165) is 17.8 Å². The van der Waals surface area contributed by atoms with Crippen molar-refractivity contribution in [2.24, 2.45) is 0 Å². The normalized spacial score (nSPS) is 11.2. The van der Waals surface area contributed by atoms with Crippen molar-refractivity contribution in [2.75, 3.05) is 7.05 Å². The lowest BCUT2D eigenvalue weighted by molar-refractivity contribution is 0.754. The molecule has 18 heavy (non-hydrogen) atoms. The number of halogens is 1. The fourth-order valence-corrected chi connectivity index (χ4v) is 1.98. The monoisotopic (exact) mass is 264 g/mol. The summed E-state index contributed by atoms with van der Waals surface area (Å²) in [7, 11) is 1.89. The van der Waals surface area contributed by atoms with Crippen LogP contribution in [-0.4, -0.2) is 21.8 Å². The Morgan fingerprint density at radius 3 is 2.78 bits per heavy atom. The van der Waals surface area contributed by atoms with Crippen molar-refractivity contribution in [1.29, 1.82) is 0 Å². The third kappa shape index (κ3) is 2.71. The van der Waals surface area contributed by atoms with Gasteiger partial charge in [-0.1, -0.05) is 25.4 Å². The van der Waals surface area contributed by atoms with E-state index in [1.54, 1.807) is 4.68 Å². The van der Waals surface area contributed by atoms with Gasteiger partial charge in [-0.05, 0) is 30.7 Å². The van der Waals surface area contributed by atoms with Crippen LogP contribution in [0.4, 0.5) is 0 Å². The van der Waals surface area contributed by atoms with Crippen LogP contribution in [0.1, 0.15) is 31.0 Å². The predicted molar refractivity (Wildman–Crippen MR) is 73.2 cm³/mol. The standard InChI is InChI=1S/C13H17ClN4/c1-9(2)12-4-5-18(17-12)13-11(14)6-10(7-15-3)8-16-13/h4-6,8-9,15H,7H2,1-3H3. The van der Waals surface area contributed by atoms with E-state index < -0.39 is 0 Å². The first-order valence-corrected chi connectivity index (χ1v) is 6.34. The molecule has 0 aliphatic rings. The quantitative estimate of drug-likeness (QED) is 0.923. The van der Waals surface area contributed by atoms with Crippen LogP contribution in [0.25, 0.3) is 5.82 Å². The van der Waals surface area contributed by atoms with Crippen molar-refractivity contribution in [3.8, 4) is 5.82 Å². The van der Waals surface area contributed by atoms with E-state index in [9.17, 15) is 0 Å². The van der Waals surface area contributed by atoms with Crippen molar-refractivity contribution in [3.63, 3.8) is 0 Å². The Labute approximate surface area is 112 Å². The maximum absolute atomic E-state index is 6.24. The van der Waals surface area contributed by atoms with Crippen LogP contribution in [0.3, 0.4) is 0 Å². The van der Waals surface area contributed by atoms with Gasteiger partial charge in [0, 0.05) is 18.9 Å². The smallest absolute Gasteiger partial charge is 0.172 e. The molecule has 0 aromatic carbocycles. The summed E-state index contributed by atoms with van der Waals surface area (Å²) in [6.45, 7) is 4.97. The molecule has 0 atom stereocenters. The van der Waals surface area contributed by atoms with Crippen LogP contribution in [0.5, 0.6) is 0 Å². The van der Waals surface area contributed by atoms with Gasteiger partial charge in [0.15, 0.2) is 5.82 Å². The predicted octanol–water partition coefficient (Wildman–Crippen LogP) is 2.76. The van der Waals surface area contributed by atoms with Gasteiger partial charge < -0.3 is 5.32 Å². The highest BCUT2D eigenvalue weighted by Gasteiger charge is 2.09. The van der Waals surface area contributed by atoms with Crippen LogP contribution >= 0.6 is 11.6 Å². The fraction of sp³-hybridized carbons (Fsp3) is 0.385. The summed E-state index contributed by atoms with van der Waals surface area (Å²) in [5.74, 6) is 1.07. The number of nitrogens with zero attached hydrogens (tertiary/aromatic N) is 3. The van der Waals surface area contributed by atoms with E-state index >= 15 is 0 Å². The number of pyridine rings is 1. The Hall–Kier alpha value is -1.39. The molecule has 0 bridgehead atoms. The van der Waals surface area contributed by atoms with Crippen molar-refractivity contribution in [1.82, 2.24) is 20.1 Å². The molecule has 4 nitrogen and oxygen atoms in total. The second kappa shape index (κ2) is 5.50. The highest BCUT2D eigenvalue weighted by molar-refractivity contribution is 6.32. The minimum atomic E-state index is 0.397. The van der Waals surface area contributed by atoms with Crippen molar-refractivity contribution in [2.45, 2.75) is 26.3 Å². The first kappa shape index (κ1) is 13.1. The first-order chi connectivity index (χ1) is 8.61.